The first-order valence-electron chi connectivity index (χ1n) is 9.06. The SMILES string of the molecule is Cc1ccc(S(=O)(=O)Nc2cccc(C(=O)Nc3cccc4nsnc34)c2)cc1C. The van der Waals surface area contributed by atoms with Crippen molar-refractivity contribution in [1.29, 1.82) is 0 Å². The Labute approximate surface area is 178 Å². The van der Waals surface area contributed by atoms with Gasteiger partial charge in [0.1, 0.15) is 11.0 Å². The molecule has 30 heavy (non-hydrogen) atoms. The zero-order valence-electron chi connectivity index (χ0n) is 16.2. The van der Waals surface area contributed by atoms with Crippen molar-refractivity contribution in [3.05, 3.63) is 77.4 Å². The minimum Gasteiger partial charge on any atom is -0.320 e. The van der Waals surface area contributed by atoms with Crippen LogP contribution in [-0.4, -0.2) is 23.1 Å². The molecule has 0 saturated heterocycles. The minimum atomic E-state index is -3.77. The van der Waals surface area contributed by atoms with E-state index in [1.54, 1.807) is 48.5 Å². The first-order valence-corrected chi connectivity index (χ1v) is 11.3. The van der Waals surface area contributed by atoms with Gasteiger partial charge in [0.15, 0.2) is 0 Å². The van der Waals surface area contributed by atoms with Gasteiger partial charge >= 0.3 is 0 Å². The molecule has 4 aromatic rings. The van der Waals surface area contributed by atoms with Crippen molar-refractivity contribution in [3.8, 4) is 0 Å². The maximum Gasteiger partial charge on any atom is 0.261 e. The third-order valence-corrected chi connectivity index (χ3v) is 6.62. The summed E-state index contributed by atoms with van der Waals surface area (Å²) in [6, 6.07) is 16.6. The first-order chi connectivity index (χ1) is 14.3. The molecule has 2 N–H and O–H groups in total. The van der Waals surface area contributed by atoms with Crippen LogP contribution in [0.1, 0.15) is 21.5 Å². The van der Waals surface area contributed by atoms with E-state index in [9.17, 15) is 13.2 Å². The van der Waals surface area contributed by atoms with Crippen LogP contribution in [0.2, 0.25) is 0 Å². The Balaban J connectivity index is 1.57. The highest BCUT2D eigenvalue weighted by atomic mass is 32.2. The van der Waals surface area contributed by atoms with Crippen LogP contribution in [0.3, 0.4) is 0 Å². The third kappa shape index (κ3) is 4.03. The summed E-state index contributed by atoms with van der Waals surface area (Å²) in [4.78, 5) is 12.9. The molecule has 0 radical (unpaired) electrons. The molecule has 9 heteroatoms. The number of benzene rings is 3. The molecule has 1 amide bonds. The van der Waals surface area contributed by atoms with Crippen LogP contribution in [0.4, 0.5) is 11.4 Å². The lowest BCUT2D eigenvalue weighted by molar-refractivity contribution is 0.102. The fraction of sp³-hybridized carbons (Fsp3) is 0.0952. The van der Waals surface area contributed by atoms with Crippen molar-refractivity contribution < 1.29 is 13.2 Å². The van der Waals surface area contributed by atoms with E-state index in [4.69, 9.17) is 0 Å². The Morgan fingerprint density at radius 3 is 2.53 bits per heavy atom. The molecule has 1 heterocycles. The highest BCUT2D eigenvalue weighted by molar-refractivity contribution is 7.92. The monoisotopic (exact) mass is 438 g/mol. The maximum absolute atomic E-state index is 12.7. The Hall–Kier alpha value is -3.30. The molecule has 0 saturated carbocycles. The van der Waals surface area contributed by atoms with Gasteiger partial charge < -0.3 is 5.32 Å². The molecule has 0 atom stereocenters. The van der Waals surface area contributed by atoms with Gasteiger partial charge in [0.2, 0.25) is 0 Å². The summed E-state index contributed by atoms with van der Waals surface area (Å²) < 4.78 is 36.4. The van der Waals surface area contributed by atoms with Gasteiger partial charge in [-0.3, -0.25) is 9.52 Å². The van der Waals surface area contributed by atoms with Gasteiger partial charge in [-0.2, -0.15) is 8.75 Å². The normalized spacial score (nSPS) is 11.4. The lowest BCUT2D eigenvalue weighted by Gasteiger charge is -2.11. The Kier molecular flexibility index (Phi) is 5.23. The number of aromatic nitrogens is 2. The van der Waals surface area contributed by atoms with Crippen LogP contribution < -0.4 is 10.0 Å². The molecule has 0 bridgehead atoms. The summed E-state index contributed by atoms with van der Waals surface area (Å²) in [6.07, 6.45) is 0. The fourth-order valence-corrected chi connectivity index (χ4v) is 4.60. The lowest BCUT2D eigenvalue weighted by Crippen LogP contribution is -2.15. The van der Waals surface area contributed by atoms with Crippen molar-refractivity contribution in [1.82, 2.24) is 8.75 Å². The smallest absolute Gasteiger partial charge is 0.261 e. The van der Waals surface area contributed by atoms with Gasteiger partial charge in [0, 0.05) is 11.3 Å². The molecule has 4 rings (SSSR count). The number of carbonyl (C=O) groups is 1. The summed E-state index contributed by atoms with van der Waals surface area (Å²) in [5.74, 6) is -0.372. The third-order valence-electron chi connectivity index (χ3n) is 4.70. The van der Waals surface area contributed by atoms with Crippen molar-refractivity contribution >= 4 is 50.1 Å². The first kappa shape index (κ1) is 20.0. The summed E-state index contributed by atoms with van der Waals surface area (Å²) in [7, 11) is -3.77. The number of amides is 1. The molecule has 7 nitrogen and oxygen atoms in total. The average molecular weight is 439 g/mol. The second kappa shape index (κ2) is 7.85. The molecule has 152 valence electrons. The van der Waals surface area contributed by atoms with E-state index in [0.29, 0.717) is 28.0 Å². The summed E-state index contributed by atoms with van der Waals surface area (Å²) in [6.45, 7) is 3.78. The number of nitrogens with one attached hydrogen (secondary N) is 2. The van der Waals surface area contributed by atoms with Crippen molar-refractivity contribution in [2.75, 3.05) is 10.0 Å². The number of rotatable bonds is 5. The number of nitrogens with zero attached hydrogens (tertiary/aromatic N) is 2. The number of anilines is 2. The van der Waals surface area contributed by atoms with Crippen LogP contribution in [0, 0.1) is 13.8 Å². The zero-order chi connectivity index (χ0) is 21.3. The van der Waals surface area contributed by atoms with Gasteiger partial charge in [0.25, 0.3) is 15.9 Å². The van der Waals surface area contributed by atoms with E-state index >= 15 is 0 Å². The predicted octanol–water partition coefficient (Wildman–Crippen LogP) is 4.36. The van der Waals surface area contributed by atoms with Crippen LogP contribution in [0.5, 0.6) is 0 Å². The quantitative estimate of drug-likeness (QED) is 0.482. The summed E-state index contributed by atoms with van der Waals surface area (Å²) in [5.41, 5.74) is 4.38. The second-order valence-corrected chi connectivity index (χ2v) is 9.03. The molecule has 0 aliphatic carbocycles. The standard InChI is InChI=1S/C21H18N4O3S2/c1-13-9-10-17(11-14(13)2)30(27,28)25-16-6-3-5-15(12-16)21(26)22-18-7-4-8-19-20(18)24-29-23-19/h3-12,25H,1-2H3,(H,22,26). The highest BCUT2D eigenvalue weighted by Gasteiger charge is 2.16. The number of aryl methyl sites for hydroxylation is 2. The molecule has 0 aliphatic rings. The number of fused-ring (bicyclic) bond motifs is 1. The van der Waals surface area contributed by atoms with E-state index in [1.807, 2.05) is 19.9 Å². The molecule has 0 fully saturated rings. The lowest BCUT2D eigenvalue weighted by atomic mass is 10.1. The number of sulfonamides is 1. The number of hydrogen-bond acceptors (Lipinski definition) is 6. The van der Waals surface area contributed by atoms with Crippen LogP contribution in [0.25, 0.3) is 11.0 Å². The van der Waals surface area contributed by atoms with E-state index < -0.39 is 10.0 Å². The van der Waals surface area contributed by atoms with E-state index in [0.717, 1.165) is 22.9 Å². The van der Waals surface area contributed by atoms with Gasteiger partial charge in [-0.25, -0.2) is 8.42 Å². The highest BCUT2D eigenvalue weighted by Crippen LogP contribution is 2.23. The van der Waals surface area contributed by atoms with Crippen molar-refractivity contribution in [2.24, 2.45) is 0 Å². The van der Waals surface area contributed by atoms with Crippen molar-refractivity contribution in [3.63, 3.8) is 0 Å². The van der Waals surface area contributed by atoms with E-state index in [2.05, 4.69) is 18.8 Å². The Morgan fingerprint density at radius 2 is 1.73 bits per heavy atom. The van der Waals surface area contributed by atoms with E-state index in [-0.39, 0.29) is 10.8 Å². The van der Waals surface area contributed by atoms with Gasteiger partial charge in [-0.1, -0.05) is 18.2 Å². The van der Waals surface area contributed by atoms with Crippen LogP contribution in [-0.2, 0) is 10.0 Å². The molecular weight excluding hydrogens is 420 g/mol. The second-order valence-electron chi connectivity index (χ2n) is 6.82. The van der Waals surface area contributed by atoms with Gasteiger partial charge in [0.05, 0.1) is 22.3 Å². The van der Waals surface area contributed by atoms with Crippen LogP contribution >= 0.6 is 11.7 Å². The molecule has 0 spiro atoms. The molecular formula is C21H18N4O3S2. The predicted molar refractivity (Wildman–Crippen MR) is 119 cm³/mol. The molecule has 1 aromatic heterocycles. The van der Waals surface area contributed by atoms with Gasteiger partial charge in [-0.15, -0.1) is 0 Å². The Bertz CT molecular complexity index is 1360. The largest absolute Gasteiger partial charge is 0.320 e. The maximum atomic E-state index is 12.7. The molecule has 0 aliphatic heterocycles. The molecule has 3 aromatic carbocycles. The summed E-state index contributed by atoms with van der Waals surface area (Å²) >= 11 is 1.07. The zero-order valence-corrected chi connectivity index (χ0v) is 17.8. The number of carbonyl (C=O) groups excluding carboxylic acids is 1. The minimum absolute atomic E-state index is 0.170. The summed E-state index contributed by atoms with van der Waals surface area (Å²) in [5, 5.41) is 2.81. The fourth-order valence-electron chi connectivity index (χ4n) is 2.92. The number of hydrogen-bond donors (Lipinski definition) is 2. The van der Waals surface area contributed by atoms with Crippen molar-refractivity contribution in [2.45, 2.75) is 18.7 Å². The average Bonchev–Trinajstić information content (AvgIpc) is 3.20. The van der Waals surface area contributed by atoms with Gasteiger partial charge in [-0.05, 0) is 67.4 Å². The molecule has 0 unspecified atom stereocenters. The topological polar surface area (TPSA) is 101 Å². The van der Waals surface area contributed by atoms with Crippen LogP contribution in [0.15, 0.2) is 65.6 Å². The van der Waals surface area contributed by atoms with E-state index in [1.165, 1.54) is 6.07 Å². The Morgan fingerprint density at radius 1 is 0.933 bits per heavy atom.